The Morgan fingerprint density at radius 3 is 2.94 bits per heavy atom. The molecule has 0 aromatic carbocycles. The maximum atomic E-state index is 11.7. The van der Waals surface area contributed by atoms with Crippen molar-refractivity contribution in [1.29, 1.82) is 0 Å². The Bertz CT molecular complexity index is 589. The fourth-order valence-electron chi connectivity index (χ4n) is 1.31. The first-order chi connectivity index (χ1) is 8.10. The van der Waals surface area contributed by atoms with Crippen LogP contribution >= 0.6 is 11.6 Å². The lowest BCUT2D eigenvalue weighted by atomic mass is 10.4. The smallest absolute Gasteiger partial charge is 0.290 e. The predicted octanol–water partition coefficient (Wildman–Crippen LogP) is 0.789. The Morgan fingerprint density at radius 1 is 1.53 bits per heavy atom. The van der Waals surface area contributed by atoms with Crippen LogP contribution < -0.4 is 10.9 Å². The van der Waals surface area contributed by atoms with E-state index in [4.69, 9.17) is 11.6 Å². The minimum Gasteiger partial charge on any atom is -0.333 e. The van der Waals surface area contributed by atoms with E-state index in [1.54, 1.807) is 10.9 Å². The quantitative estimate of drug-likeness (QED) is 0.876. The van der Waals surface area contributed by atoms with Gasteiger partial charge >= 0.3 is 0 Å². The summed E-state index contributed by atoms with van der Waals surface area (Å²) in [7, 11) is 1.53. The highest BCUT2D eigenvalue weighted by Crippen LogP contribution is 2.12. The third-order valence-electron chi connectivity index (χ3n) is 2.16. The van der Waals surface area contributed by atoms with Gasteiger partial charge in [-0.25, -0.2) is 4.68 Å². The topological polar surface area (TPSA) is 77.6 Å². The SMILES string of the molecule is CCn1cc(Nc2cc(Cl)nn(C)c2=O)nn1. The first-order valence-corrected chi connectivity index (χ1v) is 5.39. The van der Waals surface area contributed by atoms with Gasteiger partial charge in [0.2, 0.25) is 0 Å². The molecular formula is C9H11ClN6O. The second kappa shape index (κ2) is 4.54. The van der Waals surface area contributed by atoms with Crippen molar-refractivity contribution in [3.63, 3.8) is 0 Å². The molecule has 0 unspecified atom stereocenters. The Labute approximate surface area is 102 Å². The van der Waals surface area contributed by atoms with Crippen LogP contribution in [0, 0.1) is 0 Å². The fraction of sp³-hybridized carbons (Fsp3) is 0.333. The number of aromatic nitrogens is 5. The number of rotatable bonds is 3. The number of aryl methyl sites for hydroxylation is 2. The summed E-state index contributed by atoms with van der Waals surface area (Å²) in [6.45, 7) is 2.66. The molecule has 0 atom stereocenters. The van der Waals surface area contributed by atoms with Gasteiger partial charge in [-0.1, -0.05) is 16.8 Å². The predicted molar refractivity (Wildman–Crippen MR) is 63.5 cm³/mol. The van der Waals surface area contributed by atoms with Crippen LogP contribution in [-0.2, 0) is 13.6 Å². The highest BCUT2D eigenvalue weighted by atomic mass is 35.5. The van der Waals surface area contributed by atoms with E-state index in [2.05, 4.69) is 20.7 Å². The van der Waals surface area contributed by atoms with Crippen molar-refractivity contribution >= 4 is 23.1 Å². The van der Waals surface area contributed by atoms with Crippen LogP contribution in [0.25, 0.3) is 0 Å². The third kappa shape index (κ3) is 2.44. The molecule has 0 radical (unpaired) electrons. The first-order valence-electron chi connectivity index (χ1n) is 5.01. The number of nitrogens with one attached hydrogen (secondary N) is 1. The van der Waals surface area contributed by atoms with Crippen molar-refractivity contribution < 1.29 is 0 Å². The normalized spacial score (nSPS) is 10.5. The van der Waals surface area contributed by atoms with Gasteiger partial charge in [-0.2, -0.15) is 5.10 Å². The molecule has 2 rings (SSSR count). The molecule has 17 heavy (non-hydrogen) atoms. The molecule has 7 nitrogen and oxygen atoms in total. The molecule has 0 aliphatic carbocycles. The highest BCUT2D eigenvalue weighted by molar-refractivity contribution is 6.29. The zero-order valence-electron chi connectivity index (χ0n) is 9.38. The number of hydrogen-bond donors (Lipinski definition) is 1. The van der Waals surface area contributed by atoms with E-state index in [1.165, 1.54) is 13.1 Å². The van der Waals surface area contributed by atoms with Gasteiger partial charge in [-0.15, -0.1) is 5.10 Å². The van der Waals surface area contributed by atoms with Gasteiger partial charge in [0, 0.05) is 19.7 Å². The molecule has 0 bridgehead atoms. The van der Waals surface area contributed by atoms with E-state index in [9.17, 15) is 4.79 Å². The number of nitrogens with zero attached hydrogens (tertiary/aromatic N) is 5. The second-order valence-electron chi connectivity index (χ2n) is 3.39. The maximum Gasteiger partial charge on any atom is 0.290 e. The lowest BCUT2D eigenvalue weighted by Gasteiger charge is -2.03. The molecule has 8 heteroatoms. The van der Waals surface area contributed by atoms with Crippen molar-refractivity contribution in [2.75, 3.05) is 5.32 Å². The van der Waals surface area contributed by atoms with Crippen LogP contribution in [0.15, 0.2) is 17.1 Å². The van der Waals surface area contributed by atoms with Crippen LogP contribution in [0.4, 0.5) is 11.5 Å². The van der Waals surface area contributed by atoms with Crippen LogP contribution in [0.5, 0.6) is 0 Å². The lowest BCUT2D eigenvalue weighted by molar-refractivity contribution is 0.627. The Hall–Kier alpha value is -1.89. The van der Waals surface area contributed by atoms with Crippen molar-refractivity contribution in [2.24, 2.45) is 7.05 Å². The molecule has 0 aliphatic rings. The Kier molecular flexibility index (Phi) is 3.10. The molecule has 2 heterocycles. The second-order valence-corrected chi connectivity index (χ2v) is 3.78. The van der Waals surface area contributed by atoms with Crippen LogP contribution in [0.2, 0.25) is 5.15 Å². The molecule has 0 spiro atoms. The van der Waals surface area contributed by atoms with E-state index in [1.807, 2.05) is 6.92 Å². The lowest BCUT2D eigenvalue weighted by Crippen LogP contribution is -2.22. The molecule has 2 aromatic rings. The summed E-state index contributed by atoms with van der Waals surface area (Å²) in [6, 6.07) is 1.45. The fourth-order valence-corrected chi connectivity index (χ4v) is 1.53. The van der Waals surface area contributed by atoms with Crippen molar-refractivity contribution in [1.82, 2.24) is 24.8 Å². The maximum absolute atomic E-state index is 11.7. The third-order valence-corrected chi connectivity index (χ3v) is 2.34. The first kappa shape index (κ1) is 11.6. The molecule has 2 aromatic heterocycles. The number of hydrogen-bond acceptors (Lipinski definition) is 5. The van der Waals surface area contributed by atoms with E-state index in [0.29, 0.717) is 18.1 Å². The Balaban J connectivity index is 2.32. The van der Waals surface area contributed by atoms with Crippen molar-refractivity contribution in [2.45, 2.75) is 13.5 Å². The molecule has 0 saturated heterocycles. The van der Waals surface area contributed by atoms with Gasteiger partial charge in [0.25, 0.3) is 5.56 Å². The molecule has 90 valence electrons. The molecule has 0 fully saturated rings. The van der Waals surface area contributed by atoms with Gasteiger partial charge in [0.15, 0.2) is 11.0 Å². The monoisotopic (exact) mass is 254 g/mol. The van der Waals surface area contributed by atoms with E-state index in [0.717, 1.165) is 4.68 Å². The standard InChI is InChI=1S/C9H11ClN6O/c1-3-16-5-8(12-14-16)11-6-4-7(10)13-15(2)9(6)17/h4-5,11H,3H2,1-2H3. The van der Waals surface area contributed by atoms with Crippen LogP contribution in [-0.4, -0.2) is 24.8 Å². The summed E-state index contributed by atoms with van der Waals surface area (Å²) < 4.78 is 2.81. The highest BCUT2D eigenvalue weighted by Gasteiger charge is 2.07. The zero-order chi connectivity index (χ0) is 12.4. The summed E-state index contributed by atoms with van der Waals surface area (Å²) in [5.74, 6) is 0.492. The largest absolute Gasteiger partial charge is 0.333 e. The zero-order valence-corrected chi connectivity index (χ0v) is 10.1. The van der Waals surface area contributed by atoms with Gasteiger partial charge < -0.3 is 5.32 Å². The molecular weight excluding hydrogens is 244 g/mol. The van der Waals surface area contributed by atoms with E-state index >= 15 is 0 Å². The summed E-state index contributed by atoms with van der Waals surface area (Å²) in [5.41, 5.74) is 0.0381. The molecule has 1 N–H and O–H groups in total. The van der Waals surface area contributed by atoms with Gasteiger partial charge in [0.05, 0.1) is 6.20 Å². The van der Waals surface area contributed by atoms with E-state index < -0.39 is 0 Å². The average molecular weight is 255 g/mol. The van der Waals surface area contributed by atoms with Crippen LogP contribution in [0.1, 0.15) is 6.92 Å². The summed E-state index contributed by atoms with van der Waals surface area (Å²) >= 11 is 5.77. The number of halogens is 1. The molecule has 0 aliphatic heterocycles. The summed E-state index contributed by atoms with van der Waals surface area (Å²) in [5, 5.41) is 14.6. The molecule has 0 saturated carbocycles. The average Bonchev–Trinajstić information content (AvgIpc) is 2.73. The van der Waals surface area contributed by atoms with Gasteiger partial charge in [-0.3, -0.25) is 9.48 Å². The minimum atomic E-state index is -0.277. The minimum absolute atomic E-state index is 0.234. The van der Waals surface area contributed by atoms with Gasteiger partial charge in [0.1, 0.15) is 5.69 Å². The van der Waals surface area contributed by atoms with Crippen LogP contribution in [0.3, 0.4) is 0 Å². The number of anilines is 2. The molecule has 0 amide bonds. The van der Waals surface area contributed by atoms with E-state index in [-0.39, 0.29) is 10.7 Å². The van der Waals surface area contributed by atoms with Crippen molar-refractivity contribution in [3.8, 4) is 0 Å². The summed E-state index contributed by atoms with van der Waals surface area (Å²) in [6.07, 6.45) is 1.70. The van der Waals surface area contributed by atoms with Crippen molar-refractivity contribution in [3.05, 3.63) is 27.8 Å². The van der Waals surface area contributed by atoms with Gasteiger partial charge in [-0.05, 0) is 6.92 Å². The Morgan fingerprint density at radius 2 is 2.29 bits per heavy atom. The summed E-state index contributed by atoms with van der Waals surface area (Å²) in [4.78, 5) is 11.7.